The van der Waals surface area contributed by atoms with E-state index in [0.29, 0.717) is 43.7 Å². The topological polar surface area (TPSA) is 64.6 Å². The van der Waals surface area contributed by atoms with E-state index in [1.165, 1.54) is 0 Å². The first-order chi connectivity index (χ1) is 12.6. The standard InChI is InChI=1S/C21H23NO4/c1-25-18-10-6-5-9-17(18)20(24)22-15-21(16-7-3-2-4-8-16)12-11-19(23)26-14-13-21/h2-10H,11-15H2,1H3,(H,22,24). The maximum Gasteiger partial charge on any atom is 0.305 e. The van der Waals surface area contributed by atoms with E-state index in [0.717, 1.165) is 5.56 Å². The van der Waals surface area contributed by atoms with Crippen LogP contribution in [0.1, 0.15) is 35.2 Å². The quantitative estimate of drug-likeness (QED) is 0.839. The van der Waals surface area contributed by atoms with E-state index < -0.39 is 0 Å². The summed E-state index contributed by atoms with van der Waals surface area (Å²) in [5.74, 6) is 0.172. The molecule has 1 atom stereocenters. The molecule has 1 N–H and O–H groups in total. The van der Waals surface area contributed by atoms with Crippen LogP contribution < -0.4 is 10.1 Å². The molecule has 1 unspecified atom stereocenters. The van der Waals surface area contributed by atoms with Crippen molar-refractivity contribution in [1.29, 1.82) is 0 Å². The van der Waals surface area contributed by atoms with Gasteiger partial charge >= 0.3 is 5.97 Å². The Balaban J connectivity index is 1.82. The van der Waals surface area contributed by atoms with E-state index in [1.807, 2.05) is 42.5 Å². The van der Waals surface area contributed by atoms with Gasteiger partial charge in [-0.05, 0) is 30.5 Å². The van der Waals surface area contributed by atoms with Gasteiger partial charge in [0, 0.05) is 18.4 Å². The molecule has 1 aliphatic rings. The number of carbonyl (C=O) groups excluding carboxylic acids is 2. The summed E-state index contributed by atoms with van der Waals surface area (Å²) in [5, 5.41) is 3.04. The average Bonchev–Trinajstić information content (AvgIpc) is 2.89. The van der Waals surface area contributed by atoms with Gasteiger partial charge in [0.25, 0.3) is 5.91 Å². The number of hydrogen-bond donors (Lipinski definition) is 1. The third-order valence-corrected chi connectivity index (χ3v) is 4.98. The molecule has 3 rings (SSSR count). The second-order valence-electron chi connectivity index (χ2n) is 6.50. The van der Waals surface area contributed by atoms with E-state index in [9.17, 15) is 9.59 Å². The van der Waals surface area contributed by atoms with Crippen LogP contribution in [0.15, 0.2) is 54.6 Å². The first-order valence-electron chi connectivity index (χ1n) is 8.77. The van der Waals surface area contributed by atoms with Crippen LogP contribution in [0.2, 0.25) is 0 Å². The maximum atomic E-state index is 12.7. The van der Waals surface area contributed by atoms with Gasteiger partial charge in [-0.2, -0.15) is 0 Å². The Kier molecular flexibility index (Phi) is 5.56. The van der Waals surface area contributed by atoms with Gasteiger partial charge in [0.15, 0.2) is 0 Å². The van der Waals surface area contributed by atoms with E-state index in [-0.39, 0.29) is 17.3 Å². The van der Waals surface area contributed by atoms with Crippen molar-refractivity contribution in [3.8, 4) is 5.75 Å². The summed E-state index contributed by atoms with van der Waals surface area (Å²) >= 11 is 0. The van der Waals surface area contributed by atoms with Crippen LogP contribution in [-0.2, 0) is 14.9 Å². The lowest BCUT2D eigenvalue weighted by molar-refractivity contribution is -0.142. The van der Waals surface area contributed by atoms with Crippen molar-refractivity contribution in [2.45, 2.75) is 24.7 Å². The smallest absolute Gasteiger partial charge is 0.305 e. The molecule has 0 spiro atoms. The number of ether oxygens (including phenoxy) is 2. The van der Waals surface area contributed by atoms with Crippen molar-refractivity contribution in [3.05, 3.63) is 65.7 Å². The molecule has 1 saturated heterocycles. The summed E-state index contributed by atoms with van der Waals surface area (Å²) in [6.45, 7) is 0.794. The van der Waals surface area contributed by atoms with Crippen LogP contribution in [0, 0.1) is 0 Å². The number of nitrogens with one attached hydrogen (secondary N) is 1. The molecule has 0 aliphatic carbocycles. The zero-order chi connectivity index (χ0) is 18.4. The molecule has 26 heavy (non-hydrogen) atoms. The van der Waals surface area contributed by atoms with Crippen LogP contribution in [0.3, 0.4) is 0 Å². The Bertz CT molecular complexity index is 775. The Labute approximate surface area is 153 Å². The van der Waals surface area contributed by atoms with E-state index >= 15 is 0 Å². The van der Waals surface area contributed by atoms with Gasteiger partial charge in [-0.1, -0.05) is 42.5 Å². The lowest BCUT2D eigenvalue weighted by Crippen LogP contribution is -2.41. The Morgan fingerprint density at radius 3 is 2.62 bits per heavy atom. The molecule has 0 bridgehead atoms. The molecule has 5 heteroatoms. The first kappa shape index (κ1) is 18.0. The Hall–Kier alpha value is -2.82. The summed E-state index contributed by atoms with van der Waals surface area (Å²) in [6, 6.07) is 17.2. The molecular formula is C21H23NO4. The van der Waals surface area contributed by atoms with Crippen molar-refractivity contribution in [3.63, 3.8) is 0 Å². The number of methoxy groups -OCH3 is 1. The molecule has 0 saturated carbocycles. The van der Waals surface area contributed by atoms with Gasteiger partial charge in [-0.15, -0.1) is 0 Å². The molecule has 0 aromatic heterocycles. The fourth-order valence-corrected chi connectivity index (χ4v) is 3.43. The number of rotatable bonds is 5. The Morgan fingerprint density at radius 2 is 1.85 bits per heavy atom. The minimum absolute atomic E-state index is 0.182. The normalized spacial score (nSPS) is 20.0. The lowest BCUT2D eigenvalue weighted by Gasteiger charge is -2.33. The number of benzene rings is 2. The predicted molar refractivity (Wildman–Crippen MR) is 98.3 cm³/mol. The predicted octanol–water partition coefficient (Wildman–Crippen LogP) is 3.09. The molecule has 1 fully saturated rings. The fourth-order valence-electron chi connectivity index (χ4n) is 3.43. The summed E-state index contributed by atoms with van der Waals surface area (Å²) < 4.78 is 10.5. The SMILES string of the molecule is COc1ccccc1C(=O)NCC1(c2ccccc2)CCOC(=O)CC1. The molecule has 2 aromatic carbocycles. The molecule has 2 aromatic rings. The van der Waals surface area contributed by atoms with Crippen LogP contribution in [0.4, 0.5) is 0 Å². The van der Waals surface area contributed by atoms with E-state index in [4.69, 9.17) is 9.47 Å². The summed E-state index contributed by atoms with van der Waals surface area (Å²) in [5.41, 5.74) is 1.28. The number of esters is 1. The third-order valence-electron chi connectivity index (χ3n) is 4.98. The van der Waals surface area contributed by atoms with Crippen molar-refractivity contribution in [2.75, 3.05) is 20.3 Å². The van der Waals surface area contributed by atoms with Crippen molar-refractivity contribution in [1.82, 2.24) is 5.32 Å². The van der Waals surface area contributed by atoms with Crippen molar-refractivity contribution >= 4 is 11.9 Å². The minimum Gasteiger partial charge on any atom is -0.496 e. The highest BCUT2D eigenvalue weighted by atomic mass is 16.5. The Morgan fingerprint density at radius 1 is 1.12 bits per heavy atom. The van der Waals surface area contributed by atoms with Crippen LogP contribution >= 0.6 is 0 Å². The lowest BCUT2D eigenvalue weighted by atomic mass is 9.74. The van der Waals surface area contributed by atoms with Crippen LogP contribution in [0.25, 0.3) is 0 Å². The van der Waals surface area contributed by atoms with E-state index in [2.05, 4.69) is 5.32 Å². The van der Waals surface area contributed by atoms with Gasteiger partial charge < -0.3 is 14.8 Å². The molecule has 1 amide bonds. The number of carbonyl (C=O) groups is 2. The van der Waals surface area contributed by atoms with Gasteiger partial charge in [-0.25, -0.2) is 0 Å². The van der Waals surface area contributed by atoms with Gasteiger partial charge in [0.1, 0.15) is 5.75 Å². The highest BCUT2D eigenvalue weighted by Gasteiger charge is 2.35. The second kappa shape index (κ2) is 8.04. The van der Waals surface area contributed by atoms with Crippen LogP contribution in [-0.4, -0.2) is 32.1 Å². The van der Waals surface area contributed by atoms with Gasteiger partial charge in [0.05, 0.1) is 19.3 Å². The molecule has 1 aliphatic heterocycles. The van der Waals surface area contributed by atoms with Crippen molar-refractivity contribution < 1.29 is 19.1 Å². The summed E-state index contributed by atoms with van der Waals surface area (Å²) in [4.78, 5) is 24.4. The summed E-state index contributed by atoms with van der Waals surface area (Å²) in [6.07, 6.45) is 1.66. The first-order valence-corrected chi connectivity index (χ1v) is 8.77. The number of hydrogen-bond acceptors (Lipinski definition) is 4. The van der Waals surface area contributed by atoms with Crippen LogP contribution in [0.5, 0.6) is 5.75 Å². The second-order valence-corrected chi connectivity index (χ2v) is 6.50. The molecule has 5 nitrogen and oxygen atoms in total. The largest absolute Gasteiger partial charge is 0.496 e. The number of cyclic esters (lactones) is 1. The molecule has 1 heterocycles. The van der Waals surface area contributed by atoms with E-state index in [1.54, 1.807) is 19.2 Å². The fraction of sp³-hybridized carbons (Fsp3) is 0.333. The number of amides is 1. The number of para-hydroxylation sites is 1. The van der Waals surface area contributed by atoms with Gasteiger partial charge in [-0.3, -0.25) is 9.59 Å². The highest BCUT2D eigenvalue weighted by Crippen LogP contribution is 2.35. The zero-order valence-electron chi connectivity index (χ0n) is 14.9. The average molecular weight is 353 g/mol. The maximum absolute atomic E-state index is 12.7. The zero-order valence-corrected chi connectivity index (χ0v) is 14.9. The highest BCUT2D eigenvalue weighted by molar-refractivity contribution is 5.97. The molecule has 136 valence electrons. The monoisotopic (exact) mass is 353 g/mol. The molecule has 0 radical (unpaired) electrons. The van der Waals surface area contributed by atoms with Crippen molar-refractivity contribution in [2.24, 2.45) is 0 Å². The summed E-state index contributed by atoms with van der Waals surface area (Å²) in [7, 11) is 1.55. The van der Waals surface area contributed by atoms with Gasteiger partial charge in [0.2, 0.25) is 0 Å². The molecular weight excluding hydrogens is 330 g/mol. The minimum atomic E-state index is -0.328. The third kappa shape index (κ3) is 3.87.